The number of likely N-dealkylation sites (tertiary alicyclic amines) is 1. The number of carbonyl (C=O) groups excluding carboxylic acids is 2. The number of benzene rings is 1. The molecule has 1 aliphatic carbocycles. The van der Waals surface area contributed by atoms with E-state index in [1.165, 1.54) is 4.90 Å². The molecule has 1 aromatic carbocycles. The maximum atomic E-state index is 12.1. The first-order valence-corrected chi connectivity index (χ1v) is 10.0. The zero-order chi connectivity index (χ0) is 21.8. The molecule has 1 atom stereocenters. The lowest BCUT2D eigenvalue weighted by molar-refractivity contribution is -0.137. The Morgan fingerprint density at radius 2 is 2.13 bits per heavy atom. The van der Waals surface area contributed by atoms with Crippen molar-refractivity contribution in [3.8, 4) is 23.2 Å². The fraction of sp³-hybridized carbons (Fsp3) is 0.318. The van der Waals surface area contributed by atoms with Crippen LogP contribution >= 0.6 is 0 Å². The van der Waals surface area contributed by atoms with E-state index in [1.54, 1.807) is 37.5 Å². The number of carbonyl (C=O) groups is 2. The average Bonchev–Trinajstić information content (AvgIpc) is 3.47. The Bertz CT molecular complexity index is 1300. The van der Waals surface area contributed by atoms with Crippen LogP contribution in [0.1, 0.15) is 41.4 Å². The van der Waals surface area contributed by atoms with Gasteiger partial charge in [-0.25, -0.2) is 14.6 Å². The molecule has 3 N–H and O–H groups in total. The number of nitrogens with two attached hydrogens (primary N) is 1. The van der Waals surface area contributed by atoms with Crippen LogP contribution in [-0.4, -0.2) is 60.8 Å². The topological polar surface area (TPSA) is 127 Å². The van der Waals surface area contributed by atoms with Crippen molar-refractivity contribution in [1.29, 1.82) is 0 Å². The Labute approximate surface area is 177 Å². The van der Waals surface area contributed by atoms with Crippen LogP contribution in [0.4, 0.5) is 0 Å². The molecular formula is C22H20N6O3. The van der Waals surface area contributed by atoms with Crippen molar-refractivity contribution < 1.29 is 14.7 Å². The zero-order valence-electron chi connectivity index (χ0n) is 16.9. The number of likely N-dealkylation sites (N-methyl/N-ethyl adjacent to an activating group) is 1. The smallest absolute Gasteiger partial charge is 0.268 e. The summed E-state index contributed by atoms with van der Waals surface area (Å²) in [4.78, 5) is 34.6. The highest BCUT2D eigenvalue weighted by Crippen LogP contribution is 2.37. The van der Waals surface area contributed by atoms with Gasteiger partial charge in [0, 0.05) is 31.1 Å². The van der Waals surface area contributed by atoms with Crippen molar-refractivity contribution >= 4 is 22.8 Å². The van der Waals surface area contributed by atoms with Crippen LogP contribution in [-0.2, 0) is 4.79 Å². The van der Waals surface area contributed by atoms with E-state index in [1.807, 2.05) is 4.68 Å². The molecule has 1 unspecified atom stereocenters. The predicted octanol–water partition coefficient (Wildman–Crippen LogP) is 0.872. The average molecular weight is 416 g/mol. The van der Waals surface area contributed by atoms with Gasteiger partial charge in [0.1, 0.15) is 5.69 Å². The molecule has 3 aromatic rings. The molecule has 0 radical (unpaired) electrons. The Morgan fingerprint density at radius 3 is 2.81 bits per heavy atom. The first-order chi connectivity index (χ1) is 14.9. The molecule has 31 heavy (non-hydrogen) atoms. The van der Waals surface area contributed by atoms with Crippen molar-refractivity contribution in [3.05, 3.63) is 41.7 Å². The van der Waals surface area contributed by atoms with Crippen molar-refractivity contribution in [2.24, 2.45) is 5.73 Å². The summed E-state index contributed by atoms with van der Waals surface area (Å²) in [5, 5.41) is 15.4. The van der Waals surface area contributed by atoms with Gasteiger partial charge >= 0.3 is 0 Å². The summed E-state index contributed by atoms with van der Waals surface area (Å²) in [7, 11) is 1.64. The van der Waals surface area contributed by atoms with Gasteiger partial charge in [0.05, 0.1) is 17.6 Å². The van der Waals surface area contributed by atoms with Gasteiger partial charge in [-0.2, -0.15) is 5.10 Å². The second-order valence-electron chi connectivity index (χ2n) is 7.99. The number of rotatable bonds is 3. The van der Waals surface area contributed by atoms with Gasteiger partial charge < -0.3 is 15.7 Å². The second kappa shape index (κ2) is 6.89. The highest BCUT2D eigenvalue weighted by Gasteiger charge is 2.42. The molecule has 2 amide bonds. The molecule has 2 aliphatic rings. The summed E-state index contributed by atoms with van der Waals surface area (Å²) in [5.41, 5.74) is 5.82. The number of hydrogen-bond acceptors (Lipinski definition) is 6. The summed E-state index contributed by atoms with van der Waals surface area (Å²) < 4.78 is 1.81. The van der Waals surface area contributed by atoms with E-state index < -0.39 is 17.4 Å². The first kappa shape index (κ1) is 19.2. The maximum absolute atomic E-state index is 12.1. The summed E-state index contributed by atoms with van der Waals surface area (Å²) in [5.74, 6) is 4.88. The van der Waals surface area contributed by atoms with E-state index in [0.717, 1.165) is 12.8 Å². The van der Waals surface area contributed by atoms with Crippen LogP contribution < -0.4 is 5.73 Å². The summed E-state index contributed by atoms with van der Waals surface area (Å²) in [6, 6.07) is 7.38. The molecule has 0 bridgehead atoms. The number of hydrogen-bond donors (Lipinski definition) is 2. The van der Waals surface area contributed by atoms with E-state index in [-0.39, 0.29) is 18.2 Å². The minimum Gasteiger partial charge on any atom is -0.369 e. The minimum absolute atomic E-state index is 0.122. The van der Waals surface area contributed by atoms with Crippen molar-refractivity contribution in [2.75, 3.05) is 13.6 Å². The standard InChI is InChI=1S/C22H20N6O3/c1-27-10-9-22(31,21(27)30)8-7-13-3-2-4-14(11-13)19-25-17(18(23)29)16-12-24-28(15-5-6-15)20(16)26-19/h2-4,11-12,15,31H,5-6,9-10H2,1H3,(H2,23,29). The Hall–Kier alpha value is -3.77. The van der Waals surface area contributed by atoms with Crippen molar-refractivity contribution in [3.63, 3.8) is 0 Å². The van der Waals surface area contributed by atoms with Crippen LogP contribution in [0.25, 0.3) is 22.4 Å². The van der Waals surface area contributed by atoms with E-state index in [0.29, 0.717) is 34.5 Å². The van der Waals surface area contributed by atoms with E-state index >= 15 is 0 Å². The molecule has 0 spiro atoms. The zero-order valence-corrected chi connectivity index (χ0v) is 16.9. The third-order valence-electron chi connectivity index (χ3n) is 5.62. The second-order valence-corrected chi connectivity index (χ2v) is 7.99. The van der Waals surface area contributed by atoms with Gasteiger partial charge in [-0.05, 0) is 25.0 Å². The van der Waals surface area contributed by atoms with Gasteiger partial charge in [0.2, 0.25) is 5.60 Å². The third-order valence-corrected chi connectivity index (χ3v) is 5.62. The number of fused-ring (bicyclic) bond motifs is 1. The highest BCUT2D eigenvalue weighted by atomic mass is 16.3. The van der Waals surface area contributed by atoms with Crippen LogP contribution in [0.15, 0.2) is 30.5 Å². The number of nitrogens with zero attached hydrogens (tertiary/aromatic N) is 5. The monoisotopic (exact) mass is 416 g/mol. The lowest BCUT2D eigenvalue weighted by Crippen LogP contribution is -2.37. The molecule has 2 aromatic heterocycles. The third kappa shape index (κ3) is 3.31. The fourth-order valence-electron chi connectivity index (χ4n) is 3.71. The van der Waals surface area contributed by atoms with Crippen LogP contribution in [0.5, 0.6) is 0 Å². The molecule has 1 saturated heterocycles. The molecule has 2 fully saturated rings. The fourth-order valence-corrected chi connectivity index (χ4v) is 3.71. The molecular weight excluding hydrogens is 396 g/mol. The molecule has 1 aliphatic heterocycles. The molecule has 156 valence electrons. The van der Waals surface area contributed by atoms with Crippen molar-refractivity contribution in [1.82, 2.24) is 24.6 Å². The molecule has 9 nitrogen and oxygen atoms in total. The van der Waals surface area contributed by atoms with Gasteiger partial charge in [-0.3, -0.25) is 9.59 Å². The quantitative estimate of drug-likeness (QED) is 0.610. The normalized spacial score (nSPS) is 20.7. The van der Waals surface area contributed by atoms with Gasteiger partial charge in [0.15, 0.2) is 11.5 Å². The molecule has 5 rings (SSSR count). The van der Waals surface area contributed by atoms with Crippen LogP contribution in [0.3, 0.4) is 0 Å². The number of primary amides is 1. The van der Waals surface area contributed by atoms with Crippen molar-refractivity contribution in [2.45, 2.75) is 30.9 Å². The molecule has 1 saturated carbocycles. The van der Waals surface area contributed by atoms with Crippen LogP contribution in [0, 0.1) is 11.8 Å². The summed E-state index contributed by atoms with van der Waals surface area (Å²) >= 11 is 0. The predicted molar refractivity (Wildman–Crippen MR) is 112 cm³/mol. The van der Waals surface area contributed by atoms with Gasteiger partial charge in [-0.15, -0.1) is 0 Å². The number of amides is 2. The first-order valence-electron chi connectivity index (χ1n) is 10.0. The van der Waals surface area contributed by atoms with E-state index in [9.17, 15) is 14.7 Å². The van der Waals surface area contributed by atoms with Gasteiger partial charge in [0.25, 0.3) is 11.8 Å². The van der Waals surface area contributed by atoms with E-state index in [2.05, 4.69) is 26.9 Å². The molecule has 3 heterocycles. The molecule has 9 heteroatoms. The minimum atomic E-state index is -1.67. The Balaban J connectivity index is 1.56. The number of aromatic nitrogens is 4. The maximum Gasteiger partial charge on any atom is 0.268 e. The number of aliphatic hydroxyl groups is 1. The lowest BCUT2D eigenvalue weighted by Gasteiger charge is -2.13. The summed E-state index contributed by atoms with van der Waals surface area (Å²) in [6.45, 7) is 0.461. The van der Waals surface area contributed by atoms with Gasteiger partial charge in [-0.1, -0.05) is 24.0 Å². The summed E-state index contributed by atoms with van der Waals surface area (Å²) in [6.07, 6.45) is 3.88. The Kier molecular flexibility index (Phi) is 4.27. The van der Waals surface area contributed by atoms with E-state index in [4.69, 9.17) is 5.73 Å². The Morgan fingerprint density at radius 1 is 1.32 bits per heavy atom. The highest BCUT2D eigenvalue weighted by molar-refractivity contribution is 6.03. The SMILES string of the molecule is CN1CCC(O)(C#Cc2cccc(-c3nc(C(N)=O)c4cnn(C5CC5)c4n3)c2)C1=O. The largest absolute Gasteiger partial charge is 0.369 e. The van der Waals surface area contributed by atoms with Crippen LogP contribution in [0.2, 0.25) is 0 Å². The lowest BCUT2D eigenvalue weighted by atomic mass is 10.0.